The lowest BCUT2D eigenvalue weighted by Crippen LogP contribution is -2.36. The minimum absolute atomic E-state index is 0.0528. The zero-order valence-corrected chi connectivity index (χ0v) is 42.1. The Morgan fingerprint density at radius 2 is 1.21 bits per heavy atom. The molecule has 0 bridgehead atoms. The summed E-state index contributed by atoms with van der Waals surface area (Å²) < 4.78 is 56.7. The lowest BCUT2D eigenvalue weighted by atomic mass is 10.00. The van der Waals surface area contributed by atoms with E-state index in [0.717, 1.165) is 61.9 Å². The van der Waals surface area contributed by atoms with Crippen LogP contribution < -0.4 is 11.4 Å². The van der Waals surface area contributed by atoms with E-state index in [1.54, 1.807) is 0 Å². The van der Waals surface area contributed by atoms with Crippen molar-refractivity contribution in [1.82, 2.24) is 9.55 Å². The number of nitrogens with zero attached hydrogens (tertiary/aromatic N) is 2. The summed E-state index contributed by atoms with van der Waals surface area (Å²) in [6.45, 7) is 6.73. The van der Waals surface area contributed by atoms with Crippen molar-refractivity contribution >= 4 is 33.4 Å². The average molecular weight is 982 g/mol. The van der Waals surface area contributed by atoms with Gasteiger partial charge in [-0.2, -0.15) is 9.29 Å². The molecule has 1 aromatic heterocycles. The zero-order valence-electron chi connectivity index (χ0n) is 40.3. The maximum atomic E-state index is 12.8. The summed E-state index contributed by atoms with van der Waals surface area (Å²) in [5.41, 5.74) is 4.59. The van der Waals surface area contributed by atoms with Crippen LogP contribution in [0.5, 0.6) is 0 Å². The van der Waals surface area contributed by atoms with E-state index in [1.165, 1.54) is 102 Å². The monoisotopic (exact) mass is 982 g/mol. The van der Waals surface area contributed by atoms with Crippen LogP contribution in [0.4, 0.5) is 5.82 Å². The van der Waals surface area contributed by atoms with Gasteiger partial charge in [-0.15, -0.1) is 0 Å². The van der Waals surface area contributed by atoms with Crippen molar-refractivity contribution in [2.45, 2.75) is 225 Å². The molecule has 6 N–H and O–H groups in total. The smallest absolute Gasteiger partial charge is 0.462 e. The number of esters is 2. The predicted octanol–water partition coefficient (Wildman–Crippen LogP) is 9.60. The van der Waals surface area contributed by atoms with E-state index in [4.69, 9.17) is 29.0 Å². The Bertz CT molecular complexity index is 1640. The topological polar surface area (TPSA) is 265 Å². The third-order valence-corrected chi connectivity index (χ3v) is 14.5. The highest BCUT2D eigenvalue weighted by Gasteiger charge is 2.46. The van der Waals surface area contributed by atoms with Gasteiger partial charge in [0.25, 0.3) is 0 Å². The van der Waals surface area contributed by atoms with E-state index in [-0.39, 0.29) is 18.7 Å². The van der Waals surface area contributed by atoms with Crippen LogP contribution >= 0.6 is 15.6 Å². The van der Waals surface area contributed by atoms with E-state index >= 15 is 0 Å². The number of carbonyl (C=O) groups excluding carboxylic acids is 2. The third kappa shape index (κ3) is 27.7. The highest BCUT2D eigenvalue weighted by Crippen LogP contribution is 2.60. The first-order valence-corrected chi connectivity index (χ1v) is 27.8. The zero-order chi connectivity index (χ0) is 48.8. The van der Waals surface area contributed by atoms with Crippen LogP contribution in [-0.2, 0) is 46.3 Å². The molecule has 1 aliphatic heterocycles. The quantitative estimate of drug-likeness (QED) is 0.0233. The number of ether oxygens (including phenoxy) is 3. The molecule has 18 nitrogen and oxygen atoms in total. The first-order chi connectivity index (χ1) is 31.4. The maximum Gasteiger partial charge on any atom is 0.481 e. The fourth-order valence-corrected chi connectivity index (χ4v) is 9.76. The Kier molecular flexibility index (Phi) is 31.0. The molecule has 4 unspecified atom stereocenters. The number of carbonyl (C=O) groups is 2. The SMILES string of the molecule is CCC(C)CCCCCCCCC(=O)O[C@H](COC(=O)CCCCCCCCCCCCCCCCCC(C)C)COP(=O)(O)OP(=O)(O)OC[C@H]1O[C@@H](n2ccc(N)nc2=O)C(O)[C@H]1O. The number of anilines is 1. The molecule has 0 saturated carbocycles. The highest BCUT2D eigenvalue weighted by atomic mass is 31.3. The highest BCUT2D eigenvalue weighted by molar-refractivity contribution is 7.61. The molecular formula is C46H85N3O15P2. The largest absolute Gasteiger partial charge is 0.481 e. The first-order valence-electron chi connectivity index (χ1n) is 24.8. The summed E-state index contributed by atoms with van der Waals surface area (Å²) in [5.74, 6) is 0.233. The van der Waals surface area contributed by atoms with Crippen LogP contribution in [0, 0.1) is 11.8 Å². The number of hydrogen-bond acceptors (Lipinski definition) is 15. The molecule has 0 aliphatic carbocycles. The van der Waals surface area contributed by atoms with Gasteiger partial charge in [-0.3, -0.25) is 23.2 Å². The molecule has 1 fully saturated rings. The summed E-state index contributed by atoms with van der Waals surface area (Å²) in [6.07, 6.45) is 20.8. The Hall–Kier alpha value is -2.24. The minimum atomic E-state index is -5.41. The molecule has 2 rings (SSSR count). The average Bonchev–Trinajstić information content (AvgIpc) is 3.53. The fourth-order valence-electron chi connectivity index (χ4n) is 7.65. The number of aliphatic hydroxyl groups excluding tert-OH is 2. The van der Waals surface area contributed by atoms with Gasteiger partial charge in [0, 0.05) is 19.0 Å². The lowest BCUT2D eigenvalue weighted by molar-refractivity contribution is -0.161. The number of hydrogen-bond donors (Lipinski definition) is 5. The first kappa shape index (κ1) is 59.9. The van der Waals surface area contributed by atoms with Crippen LogP contribution in [0.25, 0.3) is 0 Å². The van der Waals surface area contributed by atoms with Gasteiger partial charge in [0.2, 0.25) is 0 Å². The molecule has 0 aromatic carbocycles. The molecule has 20 heteroatoms. The number of nitrogen functional groups attached to an aromatic ring is 1. The van der Waals surface area contributed by atoms with Gasteiger partial charge in [-0.25, -0.2) is 13.9 Å². The third-order valence-electron chi connectivity index (χ3n) is 11.9. The maximum absolute atomic E-state index is 12.8. The van der Waals surface area contributed by atoms with E-state index in [1.807, 2.05) is 0 Å². The van der Waals surface area contributed by atoms with Crippen molar-refractivity contribution in [2.75, 3.05) is 25.6 Å². The number of phosphoric ester groups is 2. The van der Waals surface area contributed by atoms with Crippen molar-refractivity contribution in [3.8, 4) is 0 Å². The van der Waals surface area contributed by atoms with Crippen LogP contribution in [0.1, 0.15) is 201 Å². The minimum Gasteiger partial charge on any atom is -0.462 e. The molecule has 0 amide bonds. The Balaban J connectivity index is 1.77. The van der Waals surface area contributed by atoms with Crippen molar-refractivity contribution < 1.29 is 66.3 Å². The molecule has 1 saturated heterocycles. The lowest BCUT2D eigenvalue weighted by Gasteiger charge is -2.21. The number of aromatic nitrogens is 2. The van der Waals surface area contributed by atoms with Crippen molar-refractivity contribution in [3.63, 3.8) is 0 Å². The van der Waals surface area contributed by atoms with Gasteiger partial charge < -0.3 is 39.9 Å². The molecular weight excluding hydrogens is 896 g/mol. The van der Waals surface area contributed by atoms with Gasteiger partial charge in [0.05, 0.1) is 13.2 Å². The van der Waals surface area contributed by atoms with E-state index in [2.05, 4.69) is 37.0 Å². The summed E-state index contributed by atoms with van der Waals surface area (Å²) in [4.78, 5) is 61.8. The summed E-state index contributed by atoms with van der Waals surface area (Å²) in [6, 6.07) is 1.25. The van der Waals surface area contributed by atoms with Gasteiger partial charge in [0.15, 0.2) is 12.3 Å². The van der Waals surface area contributed by atoms with Crippen LogP contribution in [0.2, 0.25) is 0 Å². The molecule has 0 radical (unpaired) electrons. The van der Waals surface area contributed by atoms with Crippen LogP contribution in [0.3, 0.4) is 0 Å². The van der Waals surface area contributed by atoms with Crippen LogP contribution in [0.15, 0.2) is 17.1 Å². The number of unbranched alkanes of at least 4 members (excludes halogenated alkanes) is 19. The molecule has 0 spiro atoms. The molecule has 384 valence electrons. The summed E-state index contributed by atoms with van der Waals surface area (Å²) in [5, 5.41) is 20.9. The fraction of sp³-hybridized carbons (Fsp3) is 0.870. The van der Waals surface area contributed by atoms with Gasteiger partial charge >= 0.3 is 33.3 Å². The molecule has 2 heterocycles. The molecule has 8 atom stereocenters. The van der Waals surface area contributed by atoms with Crippen molar-refractivity contribution in [3.05, 3.63) is 22.7 Å². The van der Waals surface area contributed by atoms with Crippen molar-refractivity contribution in [2.24, 2.45) is 11.8 Å². The second-order valence-corrected chi connectivity index (χ2v) is 21.4. The van der Waals surface area contributed by atoms with Gasteiger partial charge in [0.1, 0.15) is 30.7 Å². The number of nitrogens with two attached hydrogens (primary N) is 1. The number of rotatable bonds is 40. The molecule has 1 aliphatic rings. The normalized spacial score (nSPS) is 20.2. The second kappa shape index (κ2) is 34.1. The summed E-state index contributed by atoms with van der Waals surface area (Å²) in [7, 11) is -10.8. The number of phosphoric acid groups is 2. The second-order valence-electron chi connectivity index (χ2n) is 18.4. The predicted molar refractivity (Wildman–Crippen MR) is 252 cm³/mol. The van der Waals surface area contributed by atoms with Gasteiger partial charge in [-0.1, -0.05) is 169 Å². The van der Waals surface area contributed by atoms with Gasteiger partial charge in [-0.05, 0) is 30.7 Å². The molecule has 1 aromatic rings. The molecule has 66 heavy (non-hydrogen) atoms. The Morgan fingerprint density at radius 1 is 0.727 bits per heavy atom. The van der Waals surface area contributed by atoms with Crippen molar-refractivity contribution in [1.29, 1.82) is 0 Å². The van der Waals surface area contributed by atoms with Crippen LogP contribution in [-0.4, -0.2) is 85.7 Å². The summed E-state index contributed by atoms with van der Waals surface area (Å²) >= 11 is 0. The van der Waals surface area contributed by atoms with E-state index in [0.29, 0.717) is 18.8 Å². The Morgan fingerprint density at radius 3 is 1.73 bits per heavy atom. The Labute approximate surface area is 393 Å². The standard InChI is InChI=1S/C46H85N3O15P2/c1-5-37(4)28-24-20-17-18-22-26-30-42(51)62-38(33-59-41(50)29-25-21-16-14-12-10-8-6-7-9-11-13-15-19-23-27-36(2)3)34-60-65(55,56)64-66(57,58)61-35-39-43(52)44(53)45(63-39)49-32-31-40(47)48-46(49)54/h31-32,36-39,43-45,52-53H,5-30,33-35H2,1-4H3,(H,55,56)(H,57,58)(H2,47,48,54)/t37?,38-,39-,43+,44?,45-/m1/s1. The number of aliphatic hydroxyl groups is 2. The van der Waals surface area contributed by atoms with E-state index < -0.39 is 83.7 Å². The van der Waals surface area contributed by atoms with E-state index in [9.17, 15) is 43.5 Å².